The first kappa shape index (κ1) is 13.9. The second-order valence-electron chi connectivity index (χ2n) is 4.44. The molecule has 22 heavy (non-hydrogen) atoms. The minimum absolute atomic E-state index is 0.0693. The Balaban J connectivity index is 2.20. The lowest BCUT2D eigenvalue weighted by Crippen LogP contribution is -2.10. The first-order valence-electron chi connectivity index (χ1n) is 6.19. The number of carbonyl (C=O) groups is 1. The average Bonchev–Trinajstić information content (AvgIpc) is 2.96. The molecular formula is C14H11FN2O5. The number of nitrogens with two attached hydrogens (primary N) is 1. The fourth-order valence-electron chi connectivity index (χ4n) is 2.15. The molecule has 1 aromatic heterocycles. The van der Waals surface area contributed by atoms with Gasteiger partial charge in [0.25, 0.3) is 0 Å². The summed E-state index contributed by atoms with van der Waals surface area (Å²) in [6, 6.07) is 4.63. The number of ether oxygens (including phenoxy) is 3. The molecular weight excluding hydrogens is 295 g/mol. The zero-order valence-corrected chi connectivity index (χ0v) is 11.4. The van der Waals surface area contributed by atoms with Gasteiger partial charge in [-0.1, -0.05) is 0 Å². The number of halogens is 1. The van der Waals surface area contributed by atoms with Gasteiger partial charge in [-0.3, -0.25) is 0 Å². The lowest BCUT2D eigenvalue weighted by molar-refractivity contribution is 0.0686. The van der Waals surface area contributed by atoms with Crippen molar-refractivity contribution in [3.8, 4) is 28.5 Å². The lowest BCUT2D eigenvalue weighted by Gasteiger charge is -2.12. The number of carboxylic acid groups (broad SMARTS) is 1. The van der Waals surface area contributed by atoms with E-state index in [4.69, 9.17) is 19.9 Å². The minimum atomic E-state index is -1.37. The van der Waals surface area contributed by atoms with E-state index >= 15 is 0 Å². The van der Waals surface area contributed by atoms with Gasteiger partial charge in [-0.05, 0) is 18.2 Å². The van der Waals surface area contributed by atoms with E-state index in [1.54, 1.807) is 6.07 Å². The molecule has 0 saturated carbocycles. The number of pyridine rings is 1. The molecule has 0 unspecified atom stereocenters. The van der Waals surface area contributed by atoms with Crippen LogP contribution in [-0.2, 0) is 0 Å². The van der Waals surface area contributed by atoms with Crippen LogP contribution in [0.25, 0.3) is 11.3 Å². The fraction of sp³-hybridized carbons (Fsp3) is 0.143. The summed E-state index contributed by atoms with van der Waals surface area (Å²) in [6.45, 7) is 0.0693. The number of carboxylic acids is 1. The van der Waals surface area contributed by atoms with Crippen molar-refractivity contribution >= 4 is 11.7 Å². The summed E-state index contributed by atoms with van der Waals surface area (Å²) in [7, 11) is 1.19. The number of benzene rings is 1. The van der Waals surface area contributed by atoms with Gasteiger partial charge in [0.15, 0.2) is 28.8 Å². The van der Waals surface area contributed by atoms with Gasteiger partial charge in [0.05, 0.1) is 7.11 Å². The van der Waals surface area contributed by atoms with Crippen molar-refractivity contribution in [1.82, 2.24) is 4.98 Å². The van der Waals surface area contributed by atoms with Gasteiger partial charge in [0, 0.05) is 5.56 Å². The molecule has 8 heteroatoms. The maximum absolute atomic E-state index is 14.4. The molecule has 3 N–H and O–H groups in total. The van der Waals surface area contributed by atoms with Crippen molar-refractivity contribution in [3.05, 3.63) is 29.7 Å². The van der Waals surface area contributed by atoms with E-state index < -0.39 is 23.2 Å². The molecule has 0 spiro atoms. The summed E-state index contributed by atoms with van der Waals surface area (Å²) < 4.78 is 29.6. The molecule has 114 valence electrons. The second kappa shape index (κ2) is 5.06. The highest BCUT2D eigenvalue weighted by Crippen LogP contribution is 2.39. The number of anilines is 1. The largest absolute Gasteiger partial charge is 0.492 e. The Morgan fingerprint density at radius 1 is 1.41 bits per heavy atom. The number of hydrogen-bond acceptors (Lipinski definition) is 6. The molecule has 2 aromatic rings. The van der Waals surface area contributed by atoms with Crippen molar-refractivity contribution < 1.29 is 28.5 Å². The van der Waals surface area contributed by atoms with Crippen molar-refractivity contribution in [2.24, 2.45) is 0 Å². The Bertz CT molecular complexity index is 778. The SMILES string of the molecule is COc1c(C(=O)O)nc(-c2ccc3c(c2)OCO3)c(F)c1N. The van der Waals surface area contributed by atoms with Crippen LogP contribution in [0.2, 0.25) is 0 Å². The van der Waals surface area contributed by atoms with E-state index in [1.165, 1.54) is 19.2 Å². The van der Waals surface area contributed by atoms with E-state index in [0.717, 1.165) is 0 Å². The van der Waals surface area contributed by atoms with E-state index in [-0.39, 0.29) is 18.2 Å². The zero-order chi connectivity index (χ0) is 15.9. The smallest absolute Gasteiger partial charge is 0.358 e. The monoisotopic (exact) mass is 306 g/mol. The van der Waals surface area contributed by atoms with Crippen LogP contribution in [0.3, 0.4) is 0 Å². The predicted octanol–water partition coefficient (Wildman–Crippen LogP) is 1.91. The van der Waals surface area contributed by atoms with E-state index in [1.807, 2.05) is 0 Å². The van der Waals surface area contributed by atoms with Crippen molar-refractivity contribution in [2.75, 3.05) is 19.6 Å². The zero-order valence-electron chi connectivity index (χ0n) is 11.4. The van der Waals surface area contributed by atoms with Crippen molar-refractivity contribution in [3.63, 3.8) is 0 Å². The maximum atomic E-state index is 14.4. The maximum Gasteiger partial charge on any atom is 0.358 e. The molecule has 1 aromatic carbocycles. The second-order valence-corrected chi connectivity index (χ2v) is 4.44. The summed E-state index contributed by atoms with van der Waals surface area (Å²) in [5.74, 6) is -1.60. The molecule has 0 bridgehead atoms. The highest BCUT2D eigenvalue weighted by molar-refractivity contribution is 5.92. The first-order valence-corrected chi connectivity index (χ1v) is 6.19. The number of nitrogen functional groups attached to an aromatic ring is 1. The van der Waals surface area contributed by atoms with Crippen LogP contribution in [0.1, 0.15) is 10.5 Å². The van der Waals surface area contributed by atoms with Gasteiger partial charge in [0.1, 0.15) is 11.4 Å². The van der Waals surface area contributed by atoms with Crippen LogP contribution in [0, 0.1) is 5.82 Å². The molecule has 2 heterocycles. The Kier molecular flexibility index (Phi) is 3.21. The van der Waals surface area contributed by atoms with E-state index in [2.05, 4.69) is 4.98 Å². The van der Waals surface area contributed by atoms with Gasteiger partial charge >= 0.3 is 5.97 Å². The molecule has 0 atom stereocenters. The number of rotatable bonds is 3. The fourth-order valence-corrected chi connectivity index (χ4v) is 2.15. The number of aromatic carboxylic acids is 1. The van der Waals surface area contributed by atoms with Gasteiger partial charge in [-0.2, -0.15) is 0 Å². The van der Waals surface area contributed by atoms with Crippen LogP contribution in [-0.4, -0.2) is 30.0 Å². The van der Waals surface area contributed by atoms with E-state index in [0.29, 0.717) is 17.1 Å². The van der Waals surface area contributed by atoms with Gasteiger partial charge < -0.3 is 25.1 Å². The summed E-state index contributed by atoms with van der Waals surface area (Å²) in [5.41, 5.74) is 4.86. The Morgan fingerprint density at radius 2 is 2.14 bits per heavy atom. The molecule has 0 fully saturated rings. The summed E-state index contributed by atoms with van der Waals surface area (Å²) in [5, 5.41) is 9.17. The first-order chi connectivity index (χ1) is 10.5. The molecule has 0 aliphatic carbocycles. The van der Waals surface area contributed by atoms with Gasteiger partial charge in [-0.25, -0.2) is 14.2 Å². The number of fused-ring (bicyclic) bond motifs is 1. The summed E-state index contributed by atoms with van der Waals surface area (Å²) in [4.78, 5) is 15.1. The van der Waals surface area contributed by atoms with Crippen LogP contribution < -0.4 is 19.9 Å². The lowest BCUT2D eigenvalue weighted by atomic mass is 10.1. The molecule has 7 nitrogen and oxygen atoms in total. The third-order valence-corrected chi connectivity index (χ3v) is 3.18. The highest BCUT2D eigenvalue weighted by Gasteiger charge is 2.25. The molecule has 3 rings (SSSR count). The predicted molar refractivity (Wildman–Crippen MR) is 73.7 cm³/mol. The Morgan fingerprint density at radius 3 is 2.82 bits per heavy atom. The van der Waals surface area contributed by atoms with Crippen LogP contribution in [0.4, 0.5) is 10.1 Å². The van der Waals surface area contributed by atoms with Crippen LogP contribution in [0.15, 0.2) is 18.2 Å². The van der Waals surface area contributed by atoms with Crippen LogP contribution in [0.5, 0.6) is 17.2 Å². The number of hydrogen-bond donors (Lipinski definition) is 2. The summed E-state index contributed by atoms with van der Waals surface area (Å²) >= 11 is 0. The third kappa shape index (κ3) is 2.05. The van der Waals surface area contributed by atoms with E-state index in [9.17, 15) is 14.3 Å². The number of nitrogens with zero attached hydrogens (tertiary/aromatic N) is 1. The Hall–Kier alpha value is -3.03. The topological polar surface area (TPSA) is 104 Å². The molecule has 0 amide bonds. The number of methoxy groups -OCH3 is 1. The molecule has 1 aliphatic rings. The average molecular weight is 306 g/mol. The highest BCUT2D eigenvalue weighted by atomic mass is 19.1. The molecule has 0 radical (unpaired) electrons. The summed E-state index contributed by atoms with van der Waals surface area (Å²) in [6.07, 6.45) is 0. The quantitative estimate of drug-likeness (QED) is 0.892. The molecule has 0 saturated heterocycles. The number of aromatic nitrogens is 1. The minimum Gasteiger partial charge on any atom is -0.492 e. The standard InChI is InChI=1S/C14H11FN2O5/c1-20-13-10(16)9(15)11(17-12(13)14(18)19)6-2-3-7-8(4-6)22-5-21-7/h2-4H,5H2,1H3,(H2,16,17)(H,18,19). The third-order valence-electron chi connectivity index (χ3n) is 3.18. The van der Waals surface area contributed by atoms with Crippen molar-refractivity contribution in [1.29, 1.82) is 0 Å². The Labute approximate surface area is 124 Å². The normalized spacial score (nSPS) is 12.3. The van der Waals surface area contributed by atoms with Gasteiger partial charge in [0.2, 0.25) is 6.79 Å². The van der Waals surface area contributed by atoms with Gasteiger partial charge in [-0.15, -0.1) is 0 Å². The molecule has 1 aliphatic heterocycles. The van der Waals surface area contributed by atoms with Crippen LogP contribution >= 0.6 is 0 Å². The van der Waals surface area contributed by atoms with Crippen molar-refractivity contribution in [2.45, 2.75) is 0 Å².